The van der Waals surface area contributed by atoms with Crippen molar-refractivity contribution in [2.24, 2.45) is 0 Å². The Bertz CT molecular complexity index is 776. The molecule has 0 aliphatic rings. The summed E-state index contributed by atoms with van der Waals surface area (Å²) in [6.07, 6.45) is 1.78. The summed E-state index contributed by atoms with van der Waals surface area (Å²) in [6, 6.07) is 8.08. The Labute approximate surface area is 148 Å². The largest absolute Gasteiger partial charge is 0.309 e. The van der Waals surface area contributed by atoms with Gasteiger partial charge in [-0.05, 0) is 30.7 Å². The van der Waals surface area contributed by atoms with Crippen LogP contribution < -0.4 is 10.5 Å². The lowest BCUT2D eigenvalue weighted by Gasteiger charge is -2.18. The second-order valence-corrected chi connectivity index (χ2v) is 6.42. The second-order valence-electron chi connectivity index (χ2n) is 5.09. The SMILES string of the molecule is CCCCn1nc(C(=O)N(C)c2ccc(Br)cc2Cl)ccc1=O. The van der Waals surface area contributed by atoms with Crippen LogP contribution in [0, 0.1) is 0 Å². The summed E-state index contributed by atoms with van der Waals surface area (Å²) in [7, 11) is 1.63. The highest BCUT2D eigenvalue weighted by Crippen LogP contribution is 2.28. The third kappa shape index (κ3) is 4.20. The number of unbranched alkanes of at least 4 members (excludes halogenated alkanes) is 1. The minimum Gasteiger partial charge on any atom is -0.309 e. The van der Waals surface area contributed by atoms with Crippen LogP contribution >= 0.6 is 27.5 Å². The zero-order valence-electron chi connectivity index (χ0n) is 12.9. The van der Waals surface area contributed by atoms with Crippen LogP contribution in [0.15, 0.2) is 39.6 Å². The van der Waals surface area contributed by atoms with Gasteiger partial charge < -0.3 is 4.90 Å². The van der Waals surface area contributed by atoms with E-state index in [1.54, 1.807) is 25.2 Å². The summed E-state index contributed by atoms with van der Waals surface area (Å²) in [5.74, 6) is -0.320. The lowest BCUT2D eigenvalue weighted by atomic mass is 10.2. The van der Waals surface area contributed by atoms with Crippen LogP contribution in [0.1, 0.15) is 30.3 Å². The molecular weight excluding hydrogens is 382 g/mol. The predicted octanol–water partition coefficient (Wildman–Crippen LogP) is 3.74. The molecule has 0 aliphatic carbocycles. The Balaban J connectivity index is 2.30. The predicted molar refractivity (Wildman–Crippen MR) is 95.3 cm³/mol. The number of benzene rings is 1. The van der Waals surface area contributed by atoms with Crippen molar-refractivity contribution < 1.29 is 4.79 Å². The molecule has 0 saturated carbocycles. The number of rotatable bonds is 5. The van der Waals surface area contributed by atoms with Crippen molar-refractivity contribution >= 4 is 39.1 Å². The standard InChI is InChI=1S/C16H17BrClN3O2/c1-3-4-9-21-15(22)8-6-13(19-21)16(23)20(2)14-7-5-11(17)10-12(14)18/h5-8,10H,3-4,9H2,1-2H3. The molecule has 0 atom stereocenters. The highest BCUT2D eigenvalue weighted by atomic mass is 79.9. The van der Waals surface area contributed by atoms with Gasteiger partial charge in [0.05, 0.1) is 10.7 Å². The van der Waals surface area contributed by atoms with Gasteiger partial charge in [-0.15, -0.1) is 0 Å². The van der Waals surface area contributed by atoms with Crippen LogP contribution in [0.5, 0.6) is 0 Å². The van der Waals surface area contributed by atoms with Crippen molar-refractivity contribution in [3.05, 3.63) is 55.9 Å². The summed E-state index contributed by atoms with van der Waals surface area (Å²) < 4.78 is 2.16. The molecule has 0 aliphatic heterocycles. The number of halogens is 2. The van der Waals surface area contributed by atoms with E-state index in [4.69, 9.17) is 11.6 Å². The Kier molecular flexibility index (Phi) is 5.96. The average molecular weight is 399 g/mol. The van der Waals surface area contributed by atoms with E-state index < -0.39 is 0 Å². The van der Waals surface area contributed by atoms with E-state index in [2.05, 4.69) is 21.0 Å². The smallest absolute Gasteiger partial charge is 0.278 e. The van der Waals surface area contributed by atoms with Crippen LogP contribution in [0.2, 0.25) is 5.02 Å². The van der Waals surface area contributed by atoms with E-state index in [-0.39, 0.29) is 17.2 Å². The molecule has 122 valence electrons. The number of aryl methyl sites for hydroxylation is 1. The number of carbonyl (C=O) groups is 1. The van der Waals surface area contributed by atoms with Crippen molar-refractivity contribution in [1.82, 2.24) is 9.78 Å². The number of hydrogen-bond acceptors (Lipinski definition) is 3. The second kappa shape index (κ2) is 7.75. The maximum atomic E-state index is 12.6. The number of anilines is 1. The van der Waals surface area contributed by atoms with E-state index in [1.165, 1.54) is 21.7 Å². The zero-order valence-corrected chi connectivity index (χ0v) is 15.3. The van der Waals surface area contributed by atoms with Crippen LogP contribution in [0.4, 0.5) is 5.69 Å². The molecule has 0 bridgehead atoms. The Morgan fingerprint density at radius 2 is 2.09 bits per heavy atom. The first-order valence-corrected chi connectivity index (χ1v) is 8.42. The third-order valence-electron chi connectivity index (χ3n) is 3.38. The fraction of sp³-hybridized carbons (Fsp3) is 0.312. The van der Waals surface area contributed by atoms with E-state index in [0.717, 1.165) is 17.3 Å². The molecule has 0 saturated heterocycles. The van der Waals surface area contributed by atoms with Crippen molar-refractivity contribution in [1.29, 1.82) is 0 Å². The minimum absolute atomic E-state index is 0.209. The molecule has 0 radical (unpaired) electrons. The fourth-order valence-corrected chi connectivity index (χ4v) is 2.87. The molecule has 1 heterocycles. The van der Waals surface area contributed by atoms with Gasteiger partial charge in [0.25, 0.3) is 11.5 Å². The molecule has 0 fully saturated rings. The lowest BCUT2D eigenvalue weighted by molar-refractivity contribution is 0.0985. The van der Waals surface area contributed by atoms with E-state index in [1.807, 2.05) is 6.92 Å². The minimum atomic E-state index is -0.320. The van der Waals surface area contributed by atoms with Crippen LogP contribution in [0.25, 0.3) is 0 Å². The van der Waals surface area contributed by atoms with Gasteiger partial charge in [0.15, 0.2) is 0 Å². The summed E-state index contributed by atoms with van der Waals surface area (Å²) in [5.41, 5.74) is 0.578. The number of nitrogens with zero attached hydrogens (tertiary/aromatic N) is 3. The maximum Gasteiger partial charge on any atom is 0.278 e. The molecule has 1 aromatic carbocycles. The molecule has 2 aromatic rings. The van der Waals surface area contributed by atoms with E-state index in [0.29, 0.717) is 17.3 Å². The molecule has 2 rings (SSSR count). The van der Waals surface area contributed by atoms with Crippen LogP contribution in [-0.2, 0) is 6.54 Å². The Morgan fingerprint density at radius 1 is 1.35 bits per heavy atom. The first kappa shape index (κ1) is 17.7. The molecule has 0 spiro atoms. The van der Waals surface area contributed by atoms with E-state index >= 15 is 0 Å². The van der Waals surface area contributed by atoms with Crippen LogP contribution in [0.3, 0.4) is 0 Å². The highest BCUT2D eigenvalue weighted by Gasteiger charge is 2.18. The van der Waals surface area contributed by atoms with Crippen molar-refractivity contribution in [3.8, 4) is 0 Å². The number of carbonyl (C=O) groups excluding carboxylic acids is 1. The number of amides is 1. The van der Waals surface area contributed by atoms with Gasteiger partial charge in [-0.1, -0.05) is 40.9 Å². The highest BCUT2D eigenvalue weighted by molar-refractivity contribution is 9.10. The quantitative estimate of drug-likeness (QED) is 0.771. The lowest BCUT2D eigenvalue weighted by Crippen LogP contribution is -2.31. The maximum absolute atomic E-state index is 12.6. The average Bonchev–Trinajstić information content (AvgIpc) is 2.53. The molecule has 5 nitrogen and oxygen atoms in total. The normalized spacial score (nSPS) is 10.6. The van der Waals surface area contributed by atoms with Crippen molar-refractivity contribution in [2.45, 2.75) is 26.3 Å². The van der Waals surface area contributed by atoms with Crippen molar-refractivity contribution in [2.75, 3.05) is 11.9 Å². The Morgan fingerprint density at radius 3 is 2.74 bits per heavy atom. The van der Waals surface area contributed by atoms with Gasteiger partial charge in [0.2, 0.25) is 0 Å². The molecule has 1 aromatic heterocycles. The van der Waals surface area contributed by atoms with Gasteiger partial charge in [-0.25, -0.2) is 4.68 Å². The van der Waals surface area contributed by atoms with E-state index in [9.17, 15) is 9.59 Å². The molecule has 23 heavy (non-hydrogen) atoms. The number of aromatic nitrogens is 2. The monoisotopic (exact) mass is 397 g/mol. The molecule has 7 heteroatoms. The van der Waals surface area contributed by atoms with Gasteiger partial charge in [-0.2, -0.15) is 5.10 Å². The summed E-state index contributed by atoms with van der Waals surface area (Å²) in [6.45, 7) is 2.53. The summed E-state index contributed by atoms with van der Waals surface area (Å²) in [5, 5.41) is 4.62. The van der Waals surface area contributed by atoms with Crippen LogP contribution in [-0.4, -0.2) is 22.7 Å². The molecular formula is C16H17BrClN3O2. The van der Waals surface area contributed by atoms with Crippen molar-refractivity contribution in [3.63, 3.8) is 0 Å². The van der Waals surface area contributed by atoms with Gasteiger partial charge >= 0.3 is 0 Å². The molecule has 0 N–H and O–H groups in total. The van der Waals surface area contributed by atoms with Gasteiger partial charge in [0, 0.05) is 24.1 Å². The Hall–Kier alpha value is -1.66. The first-order chi connectivity index (χ1) is 10.9. The fourth-order valence-electron chi connectivity index (χ4n) is 2.07. The van der Waals surface area contributed by atoms with Gasteiger partial charge in [-0.3, -0.25) is 9.59 Å². The number of hydrogen-bond donors (Lipinski definition) is 0. The third-order valence-corrected chi connectivity index (χ3v) is 4.18. The van der Waals surface area contributed by atoms with Gasteiger partial charge in [0.1, 0.15) is 5.69 Å². The summed E-state index contributed by atoms with van der Waals surface area (Å²) >= 11 is 9.51. The summed E-state index contributed by atoms with van der Waals surface area (Å²) in [4.78, 5) is 25.8. The molecule has 1 amide bonds. The molecule has 0 unspecified atom stereocenters. The topological polar surface area (TPSA) is 55.2 Å². The first-order valence-electron chi connectivity index (χ1n) is 7.25. The zero-order chi connectivity index (χ0) is 17.0.